The lowest BCUT2D eigenvalue weighted by molar-refractivity contribution is 0.276. The first-order valence-corrected chi connectivity index (χ1v) is 9.91. The number of aromatic nitrogens is 3. The van der Waals surface area contributed by atoms with Crippen molar-refractivity contribution < 1.29 is 13.5 Å². The number of benzene rings is 2. The maximum Gasteiger partial charge on any atom is 0.329 e. The van der Waals surface area contributed by atoms with Gasteiger partial charge in [0.25, 0.3) is 0 Å². The van der Waals surface area contributed by atoms with E-state index in [1.54, 1.807) is 37.0 Å². The normalized spacial score (nSPS) is 16.2. The van der Waals surface area contributed by atoms with Crippen LogP contribution in [0, 0.1) is 11.6 Å². The molecule has 1 atom stereocenters. The Morgan fingerprint density at radius 3 is 2.75 bits per heavy atom. The Hall–Kier alpha value is -4.01. The number of pyridine rings is 1. The molecule has 7 nitrogen and oxygen atoms in total. The highest BCUT2D eigenvalue weighted by Gasteiger charge is 2.31. The third-order valence-corrected chi connectivity index (χ3v) is 5.80. The molecule has 2 aromatic carbocycles. The molecule has 1 aliphatic heterocycles. The fourth-order valence-corrected chi connectivity index (χ4v) is 4.31. The molecule has 32 heavy (non-hydrogen) atoms. The monoisotopic (exact) mass is 435 g/mol. The van der Waals surface area contributed by atoms with Crippen molar-refractivity contribution in [2.75, 3.05) is 13.7 Å². The van der Waals surface area contributed by atoms with Crippen LogP contribution in [0.2, 0.25) is 0 Å². The molecule has 9 heteroatoms. The summed E-state index contributed by atoms with van der Waals surface area (Å²) in [6.07, 6.45) is 4.24. The zero-order chi connectivity index (χ0) is 22.6. The number of nitrogens with two attached hydrogens (primary N) is 1. The van der Waals surface area contributed by atoms with Crippen LogP contribution in [-0.2, 0) is 7.05 Å². The Balaban J connectivity index is 1.92. The van der Waals surface area contributed by atoms with Crippen LogP contribution in [0.4, 0.5) is 8.78 Å². The van der Waals surface area contributed by atoms with Gasteiger partial charge in [0.05, 0.1) is 39.7 Å². The van der Waals surface area contributed by atoms with Gasteiger partial charge in [-0.1, -0.05) is 12.1 Å². The van der Waals surface area contributed by atoms with Crippen LogP contribution >= 0.6 is 0 Å². The standard InChI is InChI=1S/C23H19F2N5O2/c1-27-9-13(8-26)19-15(25)7-16-20-21-17(10-28-16)29(2)23(31)30(21)18(11-32-22(19)20)12-3-5-14(24)6-4-12/h3-10,18H,11,26H2,1-2H3. The van der Waals surface area contributed by atoms with E-state index in [-0.39, 0.29) is 29.4 Å². The van der Waals surface area contributed by atoms with Crippen molar-refractivity contribution in [1.29, 1.82) is 0 Å². The number of hydrogen-bond acceptors (Lipinski definition) is 5. The van der Waals surface area contributed by atoms with Crippen LogP contribution in [0.1, 0.15) is 17.2 Å². The molecule has 4 aromatic rings. The number of allylic oxidation sites excluding steroid dienone is 1. The van der Waals surface area contributed by atoms with Crippen LogP contribution in [0.15, 0.2) is 52.5 Å². The van der Waals surface area contributed by atoms with Gasteiger partial charge in [-0.05, 0) is 17.7 Å². The predicted molar refractivity (Wildman–Crippen MR) is 119 cm³/mol. The van der Waals surface area contributed by atoms with Gasteiger partial charge in [-0.2, -0.15) is 0 Å². The molecule has 0 fully saturated rings. The average molecular weight is 435 g/mol. The number of aryl methyl sites for hydroxylation is 1. The number of halogens is 2. The minimum Gasteiger partial charge on any atom is -0.489 e. The Bertz CT molecular complexity index is 1500. The summed E-state index contributed by atoms with van der Waals surface area (Å²) >= 11 is 0. The molecule has 3 heterocycles. The molecule has 1 aliphatic rings. The molecule has 0 amide bonds. The maximum atomic E-state index is 15.2. The zero-order valence-electron chi connectivity index (χ0n) is 17.3. The largest absolute Gasteiger partial charge is 0.489 e. The van der Waals surface area contributed by atoms with Crippen LogP contribution in [0.5, 0.6) is 5.75 Å². The number of aliphatic imine (C=N–C) groups is 1. The fourth-order valence-electron chi connectivity index (χ4n) is 4.31. The highest BCUT2D eigenvalue weighted by atomic mass is 19.1. The molecular weight excluding hydrogens is 416 g/mol. The summed E-state index contributed by atoms with van der Waals surface area (Å²) in [6, 6.07) is 6.62. The fraction of sp³-hybridized carbons (Fsp3) is 0.174. The first-order valence-electron chi connectivity index (χ1n) is 9.91. The summed E-state index contributed by atoms with van der Waals surface area (Å²) < 4.78 is 38.0. The van der Waals surface area contributed by atoms with Gasteiger partial charge in [0.15, 0.2) is 0 Å². The second kappa shape index (κ2) is 7.30. The van der Waals surface area contributed by atoms with E-state index >= 15 is 4.39 Å². The van der Waals surface area contributed by atoms with Crippen LogP contribution < -0.4 is 16.2 Å². The van der Waals surface area contributed by atoms with Gasteiger partial charge in [-0.15, -0.1) is 0 Å². The van der Waals surface area contributed by atoms with Crippen molar-refractivity contribution in [2.45, 2.75) is 6.04 Å². The molecule has 2 N–H and O–H groups in total. The van der Waals surface area contributed by atoms with Crippen molar-refractivity contribution >= 4 is 33.7 Å². The van der Waals surface area contributed by atoms with Gasteiger partial charge in [-0.25, -0.2) is 13.6 Å². The second-order valence-corrected chi connectivity index (χ2v) is 7.55. The van der Waals surface area contributed by atoms with E-state index in [2.05, 4.69) is 9.98 Å². The lowest BCUT2D eigenvalue weighted by Crippen LogP contribution is -2.29. The summed E-state index contributed by atoms with van der Waals surface area (Å²) in [5.41, 5.74) is 8.13. The first-order chi connectivity index (χ1) is 15.5. The van der Waals surface area contributed by atoms with E-state index in [0.29, 0.717) is 33.1 Å². The number of hydrogen-bond donors (Lipinski definition) is 1. The third kappa shape index (κ3) is 2.74. The van der Waals surface area contributed by atoms with Gasteiger partial charge >= 0.3 is 5.69 Å². The Kier molecular flexibility index (Phi) is 4.54. The number of ether oxygens (including phenoxy) is 1. The highest BCUT2D eigenvalue weighted by Crippen LogP contribution is 2.42. The third-order valence-electron chi connectivity index (χ3n) is 5.80. The summed E-state index contributed by atoms with van der Waals surface area (Å²) in [6.45, 7) is 0.0198. The number of imidazole rings is 1. The lowest BCUT2D eigenvalue weighted by Gasteiger charge is -2.18. The molecule has 2 aromatic heterocycles. The first kappa shape index (κ1) is 19.9. The Morgan fingerprint density at radius 1 is 1.31 bits per heavy atom. The minimum absolute atomic E-state index is 0.0198. The smallest absolute Gasteiger partial charge is 0.329 e. The van der Waals surface area contributed by atoms with Gasteiger partial charge in [0.2, 0.25) is 0 Å². The second-order valence-electron chi connectivity index (χ2n) is 7.55. The molecular formula is C23H19F2N5O2. The van der Waals surface area contributed by atoms with Gasteiger partial charge in [0, 0.05) is 38.1 Å². The Morgan fingerprint density at radius 2 is 2.06 bits per heavy atom. The van der Waals surface area contributed by atoms with Crippen molar-refractivity contribution in [1.82, 2.24) is 14.1 Å². The summed E-state index contributed by atoms with van der Waals surface area (Å²) in [7, 11) is 3.21. The number of nitrogens with zero attached hydrogens (tertiary/aromatic N) is 4. The molecule has 0 radical (unpaired) electrons. The maximum absolute atomic E-state index is 15.2. The van der Waals surface area contributed by atoms with E-state index in [1.165, 1.54) is 35.2 Å². The van der Waals surface area contributed by atoms with E-state index < -0.39 is 11.9 Å². The molecule has 0 saturated carbocycles. The van der Waals surface area contributed by atoms with Crippen molar-refractivity contribution in [3.8, 4) is 5.75 Å². The molecule has 0 aliphatic carbocycles. The van der Waals surface area contributed by atoms with Crippen LogP contribution in [0.25, 0.3) is 27.5 Å². The summed E-state index contributed by atoms with van der Waals surface area (Å²) in [4.78, 5) is 21.6. The minimum atomic E-state index is -0.569. The predicted octanol–water partition coefficient (Wildman–Crippen LogP) is 3.15. The molecule has 0 spiro atoms. The molecule has 5 rings (SSSR count). The lowest BCUT2D eigenvalue weighted by atomic mass is 10.0. The van der Waals surface area contributed by atoms with Crippen LogP contribution in [-0.4, -0.2) is 34.0 Å². The summed E-state index contributed by atoms with van der Waals surface area (Å²) in [5, 5.41) is 0.505. The Labute approximate surface area is 181 Å². The van der Waals surface area contributed by atoms with Gasteiger partial charge < -0.3 is 10.5 Å². The van der Waals surface area contributed by atoms with E-state index in [0.717, 1.165) is 0 Å². The van der Waals surface area contributed by atoms with Crippen molar-refractivity contribution in [3.05, 3.63) is 76.0 Å². The molecule has 0 saturated heterocycles. The molecule has 162 valence electrons. The topological polar surface area (TPSA) is 87.4 Å². The SMILES string of the molecule is CN=CC(=CN)c1c(F)cc2ncc3c4c2c1OCC(c1ccc(F)cc1)n4c(=O)n3C. The summed E-state index contributed by atoms with van der Waals surface area (Å²) in [5.74, 6) is -0.718. The zero-order valence-corrected chi connectivity index (χ0v) is 17.3. The number of rotatable bonds is 3. The highest BCUT2D eigenvalue weighted by molar-refractivity contribution is 6.15. The van der Waals surface area contributed by atoms with Gasteiger partial charge in [0.1, 0.15) is 24.0 Å². The molecule has 1 unspecified atom stereocenters. The quantitative estimate of drug-likeness (QED) is 0.501. The van der Waals surface area contributed by atoms with Crippen molar-refractivity contribution in [2.24, 2.45) is 17.8 Å². The van der Waals surface area contributed by atoms with Crippen molar-refractivity contribution in [3.63, 3.8) is 0 Å². The van der Waals surface area contributed by atoms with E-state index in [1.807, 2.05) is 0 Å². The van der Waals surface area contributed by atoms with E-state index in [9.17, 15) is 9.18 Å². The van der Waals surface area contributed by atoms with Crippen LogP contribution in [0.3, 0.4) is 0 Å². The average Bonchev–Trinajstić information content (AvgIpc) is 2.93. The van der Waals surface area contributed by atoms with Gasteiger partial charge in [-0.3, -0.25) is 19.1 Å². The molecule has 0 bridgehead atoms. The van der Waals surface area contributed by atoms with E-state index in [4.69, 9.17) is 10.5 Å².